The summed E-state index contributed by atoms with van der Waals surface area (Å²) in [6, 6.07) is 13.9. The molecular weight excluding hydrogens is 285 g/mol. The van der Waals surface area contributed by atoms with Gasteiger partial charge in [0.05, 0.1) is 6.61 Å². The van der Waals surface area contributed by atoms with E-state index in [0.29, 0.717) is 13.0 Å². The van der Waals surface area contributed by atoms with Crippen LogP contribution < -0.4 is 10.2 Å². The smallest absolute Gasteiger partial charge is 0.243 e. The Morgan fingerprint density at radius 2 is 1.59 bits per heavy atom. The Hall–Kier alpha value is -2.40. The zero-order valence-corrected chi connectivity index (χ0v) is 12.1. The van der Waals surface area contributed by atoms with E-state index >= 15 is 0 Å². The molecule has 0 aromatic heterocycles. The van der Waals surface area contributed by atoms with Gasteiger partial charge < -0.3 is 4.74 Å². The van der Waals surface area contributed by atoms with E-state index < -0.39 is 0 Å². The predicted molar refractivity (Wildman–Crippen MR) is 81.1 cm³/mol. The van der Waals surface area contributed by atoms with Crippen molar-refractivity contribution in [2.75, 3.05) is 6.61 Å². The Morgan fingerprint density at radius 3 is 2.18 bits per heavy atom. The molecule has 0 fully saturated rings. The highest BCUT2D eigenvalue weighted by Crippen LogP contribution is 2.22. The van der Waals surface area contributed by atoms with Crippen molar-refractivity contribution >= 4 is 5.91 Å². The zero-order valence-electron chi connectivity index (χ0n) is 12.1. The third-order valence-electron chi connectivity index (χ3n) is 3.22. The van der Waals surface area contributed by atoms with Crippen molar-refractivity contribution in [3.8, 4) is 16.9 Å². The van der Waals surface area contributed by atoms with Crippen LogP contribution in [0.1, 0.15) is 19.3 Å². The van der Waals surface area contributed by atoms with Crippen LogP contribution in [0.15, 0.2) is 48.5 Å². The van der Waals surface area contributed by atoms with Crippen LogP contribution in [-0.4, -0.2) is 17.7 Å². The molecule has 0 saturated heterocycles. The first-order chi connectivity index (χ1) is 10.7. The summed E-state index contributed by atoms with van der Waals surface area (Å²) in [5.41, 5.74) is 3.54. The Balaban J connectivity index is 1.79. The first-order valence-corrected chi connectivity index (χ1v) is 7.11. The van der Waals surface area contributed by atoms with Gasteiger partial charge in [0.1, 0.15) is 11.6 Å². The number of hydroxylamine groups is 1. The fourth-order valence-electron chi connectivity index (χ4n) is 2.02. The van der Waals surface area contributed by atoms with Crippen LogP contribution in [0.25, 0.3) is 11.1 Å². The Kier molecular flexibility index (Phi) is 5.91. The molecule has 0 aliphatic carbocycles. The number of amides is 1. The summed E-state index contributed by atoms with van der Waals surface area (Å²) in [6.07, 6.45) is 1.66. The molecule has 0 heterocycles. The van der Waals surface area contributed by atoms with E-state index in [4.69, 9.17) is 9.94 Å². The maximum absolute atomic E-state index is 12.9. The molecule has 0 spiro atoms. The fourth-order valence-corrected chi connectivity index (χ4v) is 2.02. The standard InChI is InChI=1S/C17H18FNO3/c18-15-8-4-13(5-9-15)14-6-10-16(11-7-14)22-12-2-1-3-17(20)19-21/h4-11,21H,1-3,12H2,(H,19,20). The van der Waals surface area contributed by atoms with E-state index in [1.165, 1.54) is 12.1 Å². The van der Waals surface area contributed by atoms with Gasteiger partial charge in [0.15, 0.2) is 0 Å². The molecule has 2 N–H and O–H groups in total. The second kappa shape index (κ2) is 8.14. The third-order valence-corrected chi connectivity index (χ3v) is 3.22. The number of rotatable bonds is 7. The summed E-state index contributed by atoms with van der Waals surface area (Å²) in [5.74, 6) is 0.111. The van der Waals surface area contributed by atoms with Gasteiger partial charge in [-0.15, -0.1) is 0 Å². The summed E-state index contributed by atoms with van der Waals surface area (Å²) in [5, 5.41) is 8.35. The molecular formula is C17H18FNO3. The minimum Gasteiger partial charge on any atom is -0.494 e. The second-order valence-electron chi connectivity index (χ2n) is 4.87. The van der Waals surface area contributed by atoms with E-state index in [0.717, 1.165) is 23.3 Å². The van der Waals surface area contributed by atoms with Crippen LogP contribution in [0.3, 0.4) is 0 Å². The summed E-state index contributed by atoms with van der Waals surface area (Å²) in [7, 11) is 0. The highest BCUT2D eigenvalue weighted by atomic mass is 19.1. The summed E-state index contributed by atoms with van der Waals surface area (Å²) < 4.78 is 18.5. The molecule has 0 bridgehead atoms. The number of unbranched alkanes of at least 4 members (excludes halogenated alkanes) is 1. The Bertz CT molecular complexity index is 596. The monoisotopic (exact) mass is 303 g/mol. The van der Waals surface area contributed by atoms with Crippen molar-refractivity contribution in [3.63, 3.8) is 0 Å². The van der Waals surface area contributed by atoms with E-state index in [1.807, 2.05) is 24.3 Å². The van der Waals surface area contributed by atoms with Crippen molar-refractivity contribution in [2.24, 2.45) is 0 Å². The summed E-state index contributed by atoms with van der Waals surface area (Å²) in [6.45, 7) is 0.509. The van der Waals surface area contributed by atoms with Gasteiger partial charge in [-0.05, 0) is 48.2 Å². The van der Waals surface area contributed by atoms with Gasteiger partial charge in [-0.2, -0.15) is 0 Å². The number of halogens is 1. The number of ether oxygens (including phenoxy) is 1. The number of hydrogen-bond donors (Lipinski definition) is 2. The number of benzene rings is 2. The molecule has 1 amide bonds. The Labute approximate surface area is 128 Å². The zero-order chi connectivity index (χ0) is 15.8. The van der Waals surface area contributed by atoms with E-state index in [1.54, 1.807) is 17.6 Å². The minimum atomic E-state index is -0.386. The molecule has 0 saturated carbocycles. The predicted octanol–water partition coefficient (Wildman–Crippen LogP) is 3.55. The fraction of sp³-hybridized carbons (Fsp3) is 0.235. The summed E-state index contributed by atoms with van der Waals surface area (Å²) in [4.78, 5) is 10.8. The van der Waals surface area contributed by atoms with Gasteiger partial charge in [0.25, 0.3) is 0 Å². The van der Waals surface area contributed by atoms with Crippen molar-refractivity contribution in [1.82, 2.24) is 5.48 Å². The van der Waals surface area contributed by atoms with E-state index in [-0.39, 0.29) is 18.1 Å². The topological polar surface area (TPSA) is 58.6 Å². The molecule has 0 aliphatic heterocycles. The van der Waals surface area contributed by atoms with Crippen molar-refractivity contribution in [2.45, 2.75) is 19.3 Å². The van der Waals surface area contributed by atoms with Crippen LogP contribution >= 0.6 is 0 Å². The van der Waals surface area contributed by atoms with Crippen LogP contribution in [0.5, 0.6) is 5.75 Å². The average molecular weight is 303 g/mol. The van der Waals surface area contributed by atoms with E-state index in [9.17, 15) is 9.18 Å². The highest BCUT2D eigenvalue weighted by Gasteiger charge is 2.01. The average Bonchev–Trinajstić information content (AvgIpc) is 2.55. The molecule has 0 radical (unpaired) electrons. The molecule has 4 nitrogen and oxygen atoms in total. The maximum Gasteiger partial charge on any atom is 0.243 e. The lowest BCUT2D eigenvalue weighted by atomic mass is 10.1. The minimum absolute atomic E-state index is 0.251. The molecule has 2 rings (SSSR count). The van der Waals surface area contributed by atoms with Crippen molar-refractivity contribution in [1.29, 1.82) is 0 Å². The molecule has 22 heavy (non-hydrogen) atoms. The number of nitrogens with one attached hydrogen (secondary N) is 1. The quantitative estimate of drug-likeness (QED) is 0.467. The molecule has 0 aliphatic rings. The number of hydrogen-bond acceptors (Lipinski definition) is 3. The first-order valence-electron chi connectivity index (χ1n) is 7.11. The van der Waals surface area contributed by atoms with Gasteiger partial charge in [0.2, 0.25) is 5.91 Å². The lowest BCUT2D eigenvalue weighted by Crippen LogP contribution is -2.18. The van der Waals surface area contributed by atoms with Gasteiger partial charge >= 0.3 is 0 Å². The third kappa shape index (κ3) is 4.86. The van der Waals surface area contributed by atoms with Gasteiger partial charge in [0, 0.05) is 6.42 Å². The molecule has 2 aromatic rings. The Morgan fingerprint density at radius 1 is 1.00 bits per heavy atom. The largest absolute Gasteiger partial charge is 0.494 e. The lowest BCUT2D eigenvalue weighted by molar-refractivity contribution is -0.129. The van der Waals surface area contributed by atoms with Crippen LogP contribution in [0, 0.1) is 5.82 Å². The number of carbonyl (C=O) groups excluding carboxylic acids is 1. The van der Waals surface area contributed by atoms with Crippen molar-refractivity contribution < 1.29 is 19.1 Å². The first kappa shape index (κ1) is 16.0. The SMILES string of the molecule is O=C(CCCCOc1ccc(-c2ccc(F)cc2)cc1)NO. The molecule has 2 aromatic carbocycles. The van der Waals surface area contributed by atoms with Gasteiger partial charge in [-0.25, -0.2) is 9.87 Å². The summed E-state index contributed by atoms with van der Waals surface area (Å²) >= 11 is 0. The second-order valence-corrected chi connectivity index (χ2v) is 4.87. The molecule has 5 heteroatoms. The molecule has 0 atom stereocenters. The van der Waals surface area contributed by atoms with Crippen LogP contribution in [0.4, 0.5) is 4.39 Å². The van der Waals surface area contributed by atoms with Crippen LogP contribution in [-0.2, 0) is 4.79 Å². The normalized spacial score (nSPS) is 10.3. The lowest BCUT2D eigenvalue weighted by Gasteiger charge is -2.07. The molecule has 116 valence electrons. The molecule has 0 unspecified atom stereocenters. The van der Waals surface area contributed by atoms with E-state index in [2.05, 4.69) is 0 Å². The van der Waals surface area contributed by atoms with Gasteiger partial charge in [-0.1, -0.05) is 24.3 Å². The highest BCUT2D eigenvalue weighted by molar-refractivity contribution is 5.74. The number of carbonyl (C=O) groups is 1. The maximum atomic E-state index is 12.9. The van der Waals surface area contributed by atoms with Gasteiger partial charge in [-0.3, -0.25) is 10.0 Å². The van der Waals surface area contributed by atoms with Crippen LogP contribution in [0.2, 0.25) is 0 Å². The van der Waals surface area contributed by atoms with Crippen molar-refractivity contribution in [3.05, 3.63) is 54.3 Å².